The fourth-order valence-electron chi connectivity index (χ4n) is 2.36. The van der Waals surface area contributed by atoms with Crippen molar-refractivity contribution in [3.05, 3.63) is 56.7 Å². The number of rotatable bonds is 3. The number of fused-ring (bicyclic) bond motifs is 1. The van der Waals surface area contributed by atoms with Crippen LogP contribution in [-0.4, -0.2) is 25.4 Å². The van der Waals surface area contributed by atoms with Crippen LogP contribution in [0.25, 0.3) is 5.65 Å². The molecule has 0 aliphatic heterocycles. The van der Waals surface area contributed by atoms with E-state index in [1.54, 1.807) is 12.3 Å². The average Bonchev–Trinajstić information content (AvgIpc) is 2.95. The lowest BCUT2D eigenvalue weighted by molar-refractivity contribution is 0.721. The molecule has 3 aromatic rings. The summed E-state index contributed by atoms with van der Waals surface area (Å²) in [6, 6.07) is 5.63. The summed E-state index contributed by atoms with van der Waals surface area (Å²) in [6.07, 6.45) is 3.69. The van der Waals surface area contributed by atoms with E-state index in [-0.39, 0.29) is 5.56 Å². The molecule has 114 valence electrons. The van der Waals surface area contributed by atoms with Crippen molar-refractivity contribution in [2.24, 2.45) is 0 Å². The van der Waals surface area contributed by atoms with Crippen LogP contribution in [0.4, 0.5) is 0 Å². The fourth-order valence-corrected chi connectivity index (χ4v) is 2.86. The summed E-state index contributed by atoms with van der Waals surface area (Å²) >= 11 is 7.35. The zero-order valence-corrected chi connectivity index (χ0v) is 14.1. The van der Waals surface area contributed by atoms with Crippen LogP contribution in [0.3, 0.4) is 0 Å². The van der Waals surface area contributed by atoms with Crippen molar-refractivity contribution < 1.29 is 0 Å². The van der Waals surface area contributed by atoms with Crippen LogP contribution < -0.4 is 5.56 Å². The lowest BCUT2D eigenvalue weighted by Gasteiger charge is -2.14. The third-order valence-corrected chi connectivity index (χ3v) is 4.59. The van der Waals surface area contributed by atoms with E-state index in [4.69, 9.17) is 11.6 Å². The molecule has 0 aliphatic carbocycles. The van der Waals surface area contributed by atoms with Gasteiger partial charge in [-0.25, -0.2) is 4.98 Å². The predicted molar refractivity (Wildman–Crippen MR) is 89.1 cm³/mol. The summed E-state index contributed by atoms with van der Waals surface area (Å²) in [7, 11) is 0. The van der Waals surface area contributed by atoms with E-state index < -0.39 is 0 Å². The Morgan fingerprint density at radius 1 is 1.32 bits per heavy atom. The SMILES string of the molecule is CSc1cc2n(Cc3ccc(Cl)nc3)c(C)c(C)c(=O)n2n1. The third-order valence-electron chi connectivity index (χ3n) is 3.74. The molecule has 0 radical (unpaired) electrons. The maximum absolute atomic E-state index is 12.4. The maximum atomic E-state index is 12.4. The van der Waals surface area contributed by atoms with Crippen molar-refractivity contribution in [3.8, 4) is 0 Å². The first-order chi connectivity index (χ1) is 10.5. The molecule has 0 saturated carbocycles. The summed E-state index contributed by atoms with van der Waals surface area (Å²) in [6.45, 7) is 4.39. The first-order valence-electron chi connectivity index (χ1n) is 6.75. The minimum Gasteiger partial charge on any atom is -0.325 e. The molecule has 5 nitrogen and oxygen atoms in total. The van der Waals surface area contributed by atoms with Gasteiger partial charge in [0.1, 0.15) is 15.8 Å². The van der Waals surface area contributed by atoms with Crippen molar-refractivity contribution in [1.29, 1.82) is 0 Å². The number of hydrogen-bond acceptors (Lipinski definition) is 4. The lowest BCUT2D eigenvalue weighted by atomic mass is 10.2. The van der Waals surface area contributed by atoms with Crippen LogP contribution in [0, 0.1) is 13.8 Å². The van der Waals surface area contributed by atoms with E-state index in [2.05, 4.69) is 14.6 Å². The van der Waals surface area contributed by atoms with E-state index in [9.17, 15) is 4.79 Å². The Kier molecular flexibility index (Phi) is 3.97. The first-order valence-corrected chi connectivity index (χ1v) is 8.35. The largest absolute Gasteiger partial charge is 0.325 e. The number of nitrogens with zero attached hydrogens (tertiary/aromatic N) is 4. The molecule has 3 aromatic heterocycles. The molecule has 0 bridgehead atoms. The number of hydrogen-bond donors (Lipinski definition) is 0. The number of aromatic nitrogens is 4. The molecule has 0 spiro atoms. The van der Waals surface area contributed by atoms with Gasteiger partial charge in [-0.2, -0.15) is 9.61 Å². The summed E-state index contributed by atoms with van der Waals surface area (Å²) in [4.78, 5) is 16.5. The molecule has 0 aliphatic rings. The molecule has 0 aromatic carbocycles. The highest BCUT2D eigenvalue weighted by atomic mass is 35.5. The van der Waals surface area contributed by atoms with Gasteiger partial charge in [0.05, 0.1) is 6.54 Å². The molecule has 3 rings (SSSR count). The smallest absolute Gasteiger partial charge is 0.277 e. The molecule has 7 heteroatoms. The molecular formula is C15H15ClN4OS. The topological polar surface area (TPSA) is 52.2 Å². The van der Waals surface area contributed by atoms with Gasteiger partial charge in [-0.1, -0.05) is 17.7 Å². The number of thioether (sulfide) groups is 1. The highest BCUT2D eigenvalue weighted by molar-refractivity contribution is 7.98. The van der Waals surface area contributed by atoms with Gasteiger partial charge in [-0.15, -0.1) is 11.8 Å². The molecule has 3 heterocycles. The molecule has 0 N–H and O–H groups in total. The Morgan fingerprint density at radius 2 is 2.09 bits per heavy atom. The molecular weight excluding hydrogens is 320 g/mol. The summed E-state index contributed by atoms with van der Waals surface area (Å²) < 4.78 is 3.55. The Morgan fingerprint density at radius 3 is 2.73 bits per heavy atom. The molecule has 22 heavy (non-hydrogen) atoms. The molecule has 0 saturated heterocycles. The Labute approximate surface area is 136 Å². The van der Waals surface area contributed by atoms with Crippen molar-refractivity contribution in [2.45, 2.75) is 25.4 Å². The van der Waals surface area contributed by atoms with Crippen molar-refractivity contribution in [3.63, 3.8) is 0 Å². The Balaban J connectivity index is 2.21. The zero-order chi connectivity index (χ0) is 15.9. The maximum Gasteiger partial charge on any atom is 0.277 e. The molecule has 0 amide bonds. The van der Waals surface area contributed by atoms with Crippen LogP contribution >= 0.6 is 23.4 Å². The quantitative estimate of drug-likeness (QED) is 0.546. The Hall–Kier alpha value is -1.79. The molecule has 0 atom stereocenters. The third kappa shape index (κ3) is 2.53. The number of pyridine rings is 1. The minimum absolute atomic E-state index is 0.0710. The van der Waals surface area contributed by atoms with Crippen LogP contribution in [0.5, 0.6) is 0 Å². The highest BCUT2D eigenvalue weighted by Crippen LogP contribution is 2.18. The van der Waals surface area contributed by atoms with Crippen molar-refractivity contribution in [1.82, 2.24) is 19.2 Å². The average molecular weight is 335 g/mol. The number of halogens is 1. The van der Waals surface area contributed by atoms with Crippen LogP contribution in [0.1, 0.15) is 16.8 Å². The second kappa shape index (κ2) is 5.78. The minimum atomic E-state index is -0.0710. The lowest BCUT2D eigenvalue weighted by Crippen LogP contribution is -2.24. The van der Waals surface area contributed by atoms with Gasteiger partial charge in [0.25, 0.3) is 5.56 Å². The van der Waals surface area contributed by atoms with E-state index in [1.807, 2.05) is 32.2 Å². The van der Waals surface area contributed by atoms with E-state index in [1.165, 1.54) is 16.3 Å². The van der Waals surface area contributed by atoms with Gasteiger partial charge in [-0.05, 0) is 31.7 Å². The normalized spacial score (nSPS) is 11.3. The van der Waals surface area contributed by atoms with E-state index >= 15 is 0 Å². The van der Waals surface area contributed by atoms with Gasteiger partial charge in [0.15, 0.2) is 0 Å². The van der Waals surface area contributed by atoms with E-state index in [0.29, 0.717) is 17.3 Å². The van der Waals surface area contributed by atoms with Gasteiger partial charge < -0.3 is 4.57 Å². The first kappa shape index (κ1) is 15.1. The molecule has 0 unspecified atom stereocenters. The van der Waals surface area contributed by atoms with Crippen molar-refractivity contribution in [2.75, 3.05) is 6.26 Å². The van der Waals surface area contributed by atoms with Gasteiger partial charge in [0.2, 0.25) is 0 Å². The van der Waals surface area contributed by atoms with Crippen LogP contribution in [0.15, 0.2) is 34.2 Å². The standard InChI is InChI=1S/C15H15ClN4OS/c1-9-10(2)19(8-11-4-5-12(16)17-7-11)14-6-13(22-3)18-20(14)15(9)21/h4-7H,8H2,1-3H3. The fraction of sp³-hybridized carbons (Fsp3) is 0.267. The van der Waals surface area contributed by atoms with Crippen molar-refractivity contribution >= 4 is 29.0 Å². The van der Waals surface area contributed by atoms with Gasteiger partial charge in [0, 0.05) is 23.5 Å². The monoisotopic (exact) mass is 334 g/mol. The zero-order valence-electron chi connectivity index (χ0n) is 12.5. The van der Waals surface area contributed by atoms with E-state index in [0.717, 1.165) is 21.9 Å². The summed E-state index contributed by atoms with van der Waals surface area (Å²) in [5.74, 6) is 0. The second-order valence-corrected chi connectivity index (χ2v) is 6.26. The summed E-state index contributed by atoms with van der Waals surface area (Å²) in [5, 5.41) is 5.65. The Bertz CT molecular complexity index is 899. The van der Waals surface area contributed by atoms with Gasteiger partial charge in [-0.3, -0.25) is 4.79 Å². The van der Waals surface area contributed by atoms with Gasteiger partial charge >= 0.3 is 0 Å². The summed E-state index contributed by atoms with van der Waals surface area (Å²) in [5.41, 5.74) is 3.36. The predicted octanol–water partition coefficient (Wildman–Crippen LogP) is 2.93. The van der Waals surface area contributed by atoms with Crippen LogP contribution in [-0.2, 0) is 6.54 Å². The highest BCUT2D eigenvalue weighted by Gasteiger charge is 2.14. The molecule has 0 fully saturated rings. The second-order valence-electron chi connectivity index (χ2n) is 5.05. The van der Waals surface area contributed by atoms with Crippen LogP contribution in [0.2, 0.25) is 5.15 Å².